The standard InChI is InChI=1S/C24H38N2O5/c1-5-8-9-10-11-12-13-14-22(27)25-19-15-16-21(29-4)20(17-19)26-23(30-6-2)18-24(28)31-7-3/h15-18,26H,5-14H2,1-4H3,(H,25,27). The number of nitrogens with one attached hydrogen (secondary N) is 2. The Morgan fingerprint density at radius 3 is 2.23 bits per heavy atom. The van der Waals surface area contributed by atoms with E-state index in [1.54, 1.807) is 32.2 Å². The van der Waals surface area contributed by atoms with Gasteiger partial charge in [0.15, 0.2) is 5.88 Å². The highest BCUT2D eigenvalue weighted by Gasteiger charge is 2.11. The van der Waals surface area contributed by atoms with Gasteiger partial charge < -0.3 is 24.8 Å². The van der Waals surface area contributed by atoms with Crippen LogP contribution in [0.5, 0.6) is 5.75 Å². The minimum absolute atomic E-state index is 0.0169. The van der Waals surface area contributed by atoms with Gasteiger partial charge in [0.1, 0.15) is 5.75 Å². The van der Waals surface area contributed by atoms with Crippen LogP contribution in [-0.4, -0.2) is 32.2 Å². The van der Waals surface area contributed by atoms with Gasteiger partial charge in [0.2, 0.25) is 5.91 Å². The molecule has 0 unspecified atom stereocenters. The van der Waals surface area contributed by atoms with E-state index in [1.807, 2.05) is 6.92 Å². The van der Waals surface area contributed by atoms with Gasteiger partial charge >= 0.3 is 5.97 Å². The van der Waals surface area contributed by atoms with Crippen molar-refractivity contribution in [1.82, 2.24) is 0 Å². The molecule has 1 aromatic carbocycles. The number of carbonyl (C=O) groups is 2. The predicted octanol–water partition coefficient (Wildman–Crippen LogP) is 5.63. The van der Waals surface area contributed by atoms with E-state index in [0.717, 1.165) is 12.8 Å². The normalized spacial score (nSPS) is 11.0. The summed E-state index contributed by atoms with van der Waals surface area (Å²) in [6.45, 7) is 6.41. The number of unbranched alkanes of at least 4 members (excludes halogenated alkanes) is 6. The van der Waals surface area contributed by atoms with Crippen molar-refractivity contribution in [2.75, 3.05) is 31.0 Å². The Kier molecular flexibility index (Phi) is 13.6. The van der Waals surface area contributed by atoms with E-state index in [4.69, 9.17) is 14.2 Å². The van der Waals surface area contributed by atoms with Crippen molar-refractivity contribution in [2.24, 2.45) is 0 Å². The van der Waals surface area contributed by atoms with Gasteiger partial charge in [0.05, 0.1) is 32.1 Å². The highest BCUT2D eigenvalue weighted by atomic mass is 16.5. The van der Waals surface area contributed by atoms with Crippen molar-refractivity contribution in [2.45, 2.75) is 72.1 Å². The molecule has 0 bridgehead atoms. The first-order valence-electron chi connectivity index (χ1n) is 11.3. The van der Waals surface area contributed by atoms with Crippen LogP contribution in [0.3, 0.4) is 0 Å². The van der Waals surface area contributed by atoms with E-state index >= 15 is 0 Å². The van der Waals surface area contributed by atoms with Gasteiger partial charge in [0, 0.05) is 12.1 Å². The SMILES string of the molecule is CCCCCCCCCC(=O)Nc1ccc(OC)c(NC(=CC(=O)OCC)OCC)c1. The first kappa shape index (κ1) is 26.3. The zero-order valence-electron chi connectivity index (χ0n) is 19.4. The van der Waals surface area contributed by atoms with Crippen molar-refractivity contribution in [3.63, 3.8) is 0 Å². The molecular weight excluding hydrogens is 396 g/mol. The van der Waals surface area contributed by atoms with Crippen LogP contribution in [0.1, 0.15) is 72.1 Å². The fraction of sp³-hybridized carbons (Fsp3) is 0.583. The van der Waals surface area contributed by atoms with Gasteiger partial charge in [-0.05, 0) is 38.5 Å². The topological polar surface area (TPSA) is 85.9 Å². The van der Waals surface area contributed by atoms with E-state index in [9.17, 15) is 9.59 Å². The molecular formula is C24H38N2O5. The second-order valence-electron chi connectivity index (χ2n) is 7.15. The maximum atomic E-state index is 12.3. The number of rotatable bonds is 16. The Bertz CT molecular complexity index is 703. The van der Waals surface area contributed by atoms with Crippen LogP contribution in [0.2, 0.25) is 0 Å². The Morgan fingerprint density at radius 1 is 0.903 bits per heavy atom. The third-order valence-electron chi connectivity index (χ3n) is 4.58. The second kappa shape index (κ2) is 16.1. The minimum atomic E-state index is -0.503. The van der Waals surface area contributed by atoms with Crippen LogP contribution in [0.15, 0.2) is 30.2 Å². The summed E-state index contributed by atoms with van der Waals surface area (Å²) in [5.74, 6) is 0.277. The Labute approximate surface area is 186 Å². The third kappa shape index (κ3) is 11.3. The van der Waals surface area contributed by atoms with Crippen LogP contribution in [0.25, 0.3) is 0 Å². The van der Waals surface area contributed by atoms with Gasteiger partial charge in [-0.3, -0.25) is 4.79 Å². The van der Waals surface area contributed by atoms with Gasteiger partial charge in [-0.25, -0.2) is 4.79 Å². The first-order valence-corrected chi connectivity index (χ1v) is 11.3. The van der Waals surface area contributed by atoms with E-state index in [-0.39, 0.29) is 18.4 Å². The number of anilines is 2. The summed E-state index contributed by atoms with van der Waals surface area (Å²) in [7, 11) is 1.55. The van der Waals surface area contributed by atoms with Crippen molar-refractivity contribution in [3.05, 3.63) is 30.2 Å². The molecule has 0 aliphatic carbocycles. The minimum Gasteiger partial charge on any atom is -0.495 e. The van der Waals surface area contributed by atoms with Crippen LogP contribution < -0.4 is 15.4 Å². The molecule has 0 aliphatic rings. The molecule has 174 valence electrons. The summed E-state index contributed by atoms with van der Waals surface area (Å²) in [6, 6.07) is 5.28. The smallest absolute Gasteiger partial charge is 0.336 e. The summed E-state index contributed by atoms with van der Waals surface area (Å²) in [5.41, 5.74) is 1.21. The Morgan fingerprint density at radius 2 is 1.58 bits per heavy atom. The molecule has 7 heteroatoms. The lowest BCUT2D eigenvalue weighted by Gasteiger charge is -2.16. The lowest BCUT2D eigenvalue weighted by atomic mass is 10.1. The van der Waals surface area contributed by atoms with E-state index in [2.05, 4.69) is 17.6 Å². The zero-order valence-corrected chi connectivity index (χ0v) is 19.4. The van der Waals surface area contributed by atoms with Gasteiger partial charge in [-0.15, -0.1) is 0 Å². The summed E-state index contributed by atoms with van der Waals surface area (Å²) < 4.78 is 15.8. The molecule has 0 fully saturated rings. The molecule has 0 saturated carbocycles. The molecule has 0 aromatic heterocycles. The van der Waals surface area contributed by atoms with Crippen molar-refractivity contribution in [3.8, 4) is 5.75 Å². The molecule has 0 saturated heterocycles. The number of amides is 1. The second-order valence-corrected chi connectivity index (χ2v) is 7.15. The Hall–Kier alpha value is -2.70. The fourth-order valence-corrected chi connectivity index (χ4v) is 3.04. The summed E-state index contributed by atoms with van der Waals surface area (Å²) in [5, 5.41) is 5.97. The highest BCUT2D eigenvalue weighted by molar-refractivity contribution is 5.91. The van der Waals surface area contributed by atoms with Crippen molar-refractivity contribution in [1.29, 1.82) is 0 Å². The Balaban J connectivity index is 2.69. The van der Waals surface area contributed by atoms with Crippen LogP contribution in [0, 0.1) is 0 Å². The van der Waals surface area contributed by atoms with Crippen molar-refractivity contribution >= 4 is 23.3 Å². The molecule has 0 radical (unpaired) electrons. The molecule has 1 rings (SSSR count). The first-order chi connectivity index (χ1) is 15.0. The number of esters is 1. The predicted molar refractivity (Wildman–Crippen MR) is 124 cm³/mol. The molecule has 31 heavy (non-hydrogen) atoms. The van der Waals surface area contributed by atoms with Gasteiger partial charge in [-0.2, -0.15) is 0 Å². The average molecular weight is 435 g/mol. The number of ether oxygens (including phenoxy) is 3. The molecule has 2 N–H and O–H groups in total. The number of hydrogen-bond acceptors (Lipinski definition) is 6. The summed E-state index contributed by atoms with van der Waals surface area (Å²) >= 11 is 0. The van der Waals surface area contributed by atoms with Crippen LogP contribution >= 0.6 is 0 Å². The molecule has 1 amide bonds. The number of benzene rings is 1. The fourth-order valence-electron chi connectivity index (χ4n) is 3.04. The lowest BCUT2D eigenvalue weighted by molar-refractivity contribution is -0.137. The maximum Gasteiger partial charge on any atom is 0.336 e. The molecule has 0 spiro atoms. The largest absolute Gasteiger partial charge is 0.495 e. The van der Waals surface area contributed by atoms with E-state index in [0.29, 0.717) is 30.2 Å². The average Bonchev–Trinajstić information content (AvgIpc) is 2.73. The zero-order chi connectivity index (χ0) is 22.9. The van der Waals surface area contributed by atoms with E-state index in [1.165, 1.54) is 38.2 Å². The number of carbonyl (C=O) groups excluding carboxylic acids is 2. The molecule has 0 aliphatic heterocycles. The van der Waals surface area contributed by atoms with Crippen LogP contribution in [0.4, 0.5) is 11.4 Å². The quantitative estimate of drug-likeness (QED) is 0.152. The van der Waals surface area contributed by atoms with Crippen LogP contribution in [-0.2, 0) is 19.1 Å². The highest BCUT2D eigenvalue weighted by Crippen LogP contribution is 2.29. The number of hydrogen-bond donors (Lipinski definition) is 2. The summed E-state index contributed by atoms with van der Waals surface area (Å²) in [4.78, 5) is 24.1. The van der Waals surface area contributed by atoms with Crippen molar-refractivity contribution < 1.29 is 23.8 Å². The monoisotopic (exact) mass is 434 g/mol. The summed E-state index contributed by atoms with van der Waals surface area (Å²) in [6.07, 6.45) is 9.92. The van der Waals surface area contributed by atoms with E-state index < -0.39 is 5.97 Å². The van der Waals surface area contributed by atoms with Gasteiger partial charge in [0.25, 0.3) is 0 Å². The number of methoxy groups -OCH3 is 1. The molecule has 0 heterocycles. The maximum absolute atomic E-state index is 12.3. The molecule has 0 atom stereocenters. The molecule has 7 nitrogen and oxygen atoms in total. The lowest BCUT2D eigenvalue weighted by Crippen LogP contribution is -2.12. The third-order valence-corrected chi connectivity index (χ3v) is 4.58. The molecule has 1 aromatic rings. The van der Waals surface area contributed by atoms with Gasteiger partial charge in [-0.1, -0.05) is 45.4 Å².